The number of rotatable bonds is 2. The Morgan fingerprint density at radius 1 is 1.40 bits per heavy atom. The summed E-state index contributed by atoms with van der Waals surface area (Å²) >= 11 is 0. The van der Waals surface area contributed by atoms with Crippen LogP contribution in [0.2, 0.25) is 0 Å². The molecule has 0 bridgehead atoms. The van der Waals surface area contributed by atoms with E-state index < -0.39 is 0 Å². The normalized spacial score (nSPS) is 24.1. The van der Waals surface area contributed by atoms with Crippen LogP contribution in [0.3, 0.4) is 0 Å². The van der Waals surface area contributed by atoms with Crippen LogP contribution in [-0.2, 0) is 4.74 Å². The van der Waals surface area contributed by atoms with E-state index in [1.54, 1.807) is 0 Å². The van der Waals surface area contributed by atoms with Gasteiger partial charge in [0.15, 0.2) is 0 Å². The summed E-state index contributed by atoms with van der Waals surface area (Å²) in [5.41, 5.74) is 0. The van der Waals surface area contributed by atoms with Crippen molar-refractivity contribution in [2.24, 2.45) is 0 Å². The summed E-state index contributed by atoms with van der Waals surface area (Å²) in [6.07, 6.45) is 9.99. The zero-order valence-electron chi connectivity index (χ0n) is 6.58. The molecule has 0 aromatic heterocycles. The van der Waals surface area contributed by atoms with Gasteiger partial charge in [-0.25, -0.2) is 0 Å². The first-order valence-electron chi connectivity index (χ1n) is 3.78. The predicted molar refractivity (Wildman–Crippen MR) is 42.9 cm³/mol. The molecule has 10 heavy (non-hydrogen) atoms. The van der Waals surface area contributed by atoms with Gasteiger partial charge >= 0.3 is 0 Å². The number of allylic oxidation sites excluding steroid dienone is 2. The van der Waals surface area contributed by atoms with E-state index in [9.17, 15) is 0 Å². The van der Waals surface area contributed by atoms with Gasteiger partial charge < -0.3 is 4.74 Å². The van der Waals surface area contributed by atoms with Crippen LogP contribution in [0.5, 0.6) is 0 Å². The molecule has 0 amide bonds. The Hall–Kier alpha value is -0.560. The van der Waals surface area contributed by atoms with Crippen molar-refractivity contribution in [2.75, 3.05) is 0 Å². The standard InChI is InChI=1S/C9H14O/c1-8(2)10-9-6-4-3-5-7-9/h3-6,8-9H,7H2,1-2H3. The first kappa shape index (κ1) is 7.55. The van der Waals surface area contributed by atoms with Gasteiger partial charge in [0, 0.05) is 0 Å². The molecule has 0 aromatic carbocycles. The first-order chi connectivity index (χ1) is 4.79. The van der Waals surface area contributed by atoms with Crippen LogP contribution in [0.4, 0.5) is 0 Å². The summed E-state index contributed by atoms with van der Waals surface area (Å²) in [4.78, 5) is 0. The fraction of sp³-hybridized carbons (Fsp3) is 0.556. The molecule has 1 aliphatic rings. The summed E-state index contributed by atoms with van der Waals surface area (Å²) in [7, 11) is 0. The Labute approximate surface area is 62.4 Å². The second-order valence-electron chi connectivity index (χ2n) is 2.77. The molecule has 0 spiro atoms. The molecule has 0 heterocycles. The number of ether oxygens (including phenoxy) is 1. The van der Waals surface area contributed by atoms with Crippen molar-refractivity contribution >= 4 is 0 Å². The van der Waals surface area contributed by atoms with Crippen molar-refractivity contribution in [1.29, 1.82) is 0 Å². The van der Waals surface area contributed by atoms with E-state index in [0.29, 0.717) is 12.2 Å². The molecule has 0 aliphatic heterocycles. The van der Waals surface area contributed by atoms with E-state index in [4.69, 9.17) is 4.74 Å². The molecule has 0 fully saturated rings. The van der Waals surface area contributed by atoms with Crippen molar-refractivity contribution in [2.45, 2.75) is 32.5 Å². The van der Waals surface area contributed by atoms with Crippen molar-refractivity contribution in [1.82, 2.24) is 0 Å². The monoisotopic (exact) mass is 138 g/mol. The molecule has 1 heteroatoms. The zero-order chi connectivity index (χ0) is 7.40. The van der Waals surface area contributed by atoms with E-state index >= 15 is 0 Å². The zero-order valence-corrected chi connectivity index (χ0v) is 6.58. The van der Waals surface area contributed by atoms with Crippen LogP contribution in [0.1, 0.15) is 20.3 Å². The minimum atomic E-state index is 0.310. The molecule has 1 unspecified atom stereocenters. The Morgan fingerprint density at radius 3 is 2.70 bits per heavy atom. The van der Waals surface area contributed by atoms with E-state index in [1.165, 1.54) is 0 Å². The molecule has 1 aliphatic carbocycles. The topological polar surface area (TPSA) is 9.23 Å². The smallest absolute Gasteiger partial charge is 0.0796 e. The lowest BCUT2D eigenvalue weighted by molar-refractivity contribution is 0.0368. The summed E-state index contributed by atoms with van der Waals surface area (Å²) in [6, 6.07) is 0. The summed E-state index contributed by atoms with van der Waals surface area (Å²) in [5, 5.41) is 0. The minimum Gasteiger partial charge on any atom is -0.371 e. The van der Waals surface area contributed by atoms with Gasteiger partial charge in [0.2, 0.25) is 0 Å². The molecule has 0 radical (unpaired) electrons. The fourth-order valence-electron chi connectivity index (χ4n) is 1.01. The second-order valence-corrected chi connectivity index (χ2v) is 2.77. The maximum Gasteiger partial charge on any atom is 0.0796 e. The largest absolute Gasteiger partial charge is 0.371 e. The Morgan fingerprint density at radius 2 is 2.20 bits per heavy atom. The lowest BCUT2D eigenvalue weighted by atomic mass is 10.1. The van der Waals surface area contributed by atoms with Gasteiger partial charge in [-0.2, -0.15) is 0 Å². The van der Waals surface area contributed by atoms with Crippen LogP contribution in [0.25, 0.3) is 0 Å². The molecule has 1 nitrogen and oxygen atoms in total. The number of hydrogen-bond acceptors (Lipinski definition) is 1. The predicted octanol–water partition coefficient (Wildman–Crippen LogP) is 2.30. The molecular weight excluding hydrogens is 124 g/mol. The lowest BCUT2D eigenvalue weighted by Gasteiger charge is -2.16. The van der Waals surface area contributed by atoms with Gasteiger partial charge in [-0.15, -0.1) is 0 Å². The minimum absolute atomic E-state index is 0.310. The molecule has 1 rings (SSSR count). The van der Waals surface area contributed by atoms with Crippen molar-refractivity contribution in [3.8, 4) is 0 Å². The highest BCUT2D eigenvalue weighted by Gasteiger charge is 2.05. The highest BCUT2D eigenvalue weighted by Crippen LogP contribution is 2.09. The van der Waals surface area contributed by atoms with Gasteiger partial charge in [-0.3, -0.25) is 0 Å². The SMILES string of the molecule is CC(C)OC1C=CC=CC1. The van der Waals surface area contributed by atoms with E-state index in [0.717, 1.165) is 6.42 Å². The van der Waals surface area contributed by atoms with E-state index in [1.807, 2.05) is 6.08 Å². The highest BCUT2D eigenvalue weighted by molar-refractivity contribution is 5.11. The molecule has 0 saturated carbocycles. The van der Waals surface area contributed by atoms with Gasteiger partial charge in [0.1, 0.15) is 0 Å². The third-order valence-corrected chi connectivity index (χ3v) is 1.39. The fourth-order valence-corrected chi connectivity index (χ4v) is 1.01. The molecule has 0 saturated heterocycles. The summed E-state index contributed by atoms with van der Waals surface area (Å²) in [5.74, 6) is 0. The van der Waals surface area contributed by atoms with Crippen LogP contribution in [0, 0.1) is 0 Å². The average Bonchev–Trinajstić information content (AvgIpc) is 1.88. The maximum absolute atomic E-state index is 5.55. The molecule has 1 atom stereocenters. The van der Waals surface area contributed by atoms with Crippen LogP contribution in [-0.4, -0.2) is 12.2 Å². The molecular formula is C9H14O. The summed E-state index contributed by atoms with van der Waals surface area (Å²) in [6.45, 7) is 4.12. The Bertz CT molecular complexity index is 145. The van der Waals surface area contributed by atoms with Crippen LogP contribution >= 0.6 is 0 Å². The summed E-state index contributed by atoms with van der Waals surface area (Å²) < 4.78 is 5.55. The van der Waals surface area contributed by atoms with Crippen molar-refractivity contribution in [3.63, 3.8) is 0 Å². The first-order valence-corrected chi connectivity index (χ1v) is 3.78. The maximum atomic E-state index is 5.55. The highest BCUT2D eigenvalue weighted by atomic mass is 16.5. The van der Waals surface area contributed by atoms with Crippen molar-refractivity contribution in [3.05, 3.63) is 24.3 Å². The van der Waals surface area contributed by atoms with E-state index in [2.05, 4.69) is 32.1 Å². The Balaban J connectivity index is 2.30. The van der Waals surface area contributed by atoms with Gasteiger partial charge in [-0.1, -0.05) is 24.3 Å². The average molecular weight is 138 g/mol. The Kier molecular flexibility index (Phi) is 2.69. The van der Waals surface area contributed by atoms with E-state index in [-0.39, 0.29) is 0 Å². The number of hydrogen-bond donors (Lipinski definition) is 0. The van der Waals surface area contributed by atoms with Gasteiger partial charge in [0.25, 0.3) is 0 Å². The second kappa shape index (κ2) is 3.57. The van der Waals surface area contributed by atoms with Crippen LogP contribution in [0.15, 0.2) is 24.3 Å². The third-order valence-electron chi connectivity index (χ3n) is 1.39. The van der Waals surface area contributed by atoms with Crippen LogP contribution < -0.4 is 0 Å². The molecule has 0 aromatic rings. The molecule has 0 N–H and O–H groups in total. The third kappa shape index (κ3) is 2.36. The quantitative estimate of drug-likeness (QED) is 0.569. The van der Waals surface area contributed by atoms with Crippen molar-refractivity contribution < 1.29 is 4.74 Å². The molecule has 56 valence electrons. The van der Waals surface area contributed by atoms with Gasteiger partial charge in [0.05, 0.1) is 12.2 Å². The lowest BCUT2D eigenvalue weighted by Crippen LogP contribution is -2.15. The van der Waals surface area contributed by atoms with Gasteiger partial charge in [-0.05, 0) is 20.3 Å².